The van der Waals surface area contributed by atoms with Crippen molar-refractivity contribution in [3.63, 3.8) is 0 Å². The van der Waals surface area contributed by atoms with Crippen molar-refractivity contribution in [2.75, 3.05) is 0 Å². The van der Waals surface area contributed by atoms with Gasteiger partial charge in [0.05, 0.1) is 47.7 Å². The second-order valence-electron chi connectivity index (χ2n) is 11.6. The van der Waals surface area contributed by atoms with E-state index in [1.807, 2.05) is 19.9 Å². The van der Waals surface area contributed by atoms with Gasteiger partial charge in [0.1, 0.15) is 17.7 Å². The summed E-state index contributed by atoms with van der Waals surface area (Å²) in [6, 6.07) is -0.342. The van der Waals surface area contributed by atoms with E-state index in [-0.39, 0.29) is 48.2 Å². The molecule has 0 aliphatic carbocycles. The van der Waals surface area contributed by atoms with Crippen LogP contribution in [0.25, 0.3) is 6.08 Å². The Morgan fingerprint density at radius 2 is 2.03 bits per heavy atom. The van der Waals surface area contributed by atoms with Crippen molar-refractivity contribution in [1.82, 2.24) is 10.3 Å². The number of terminal acetylenes is 1. The maximum atomic E-state index is 13.5. The molecule has 1 aromatic heterocycles. The summed E-state index contributed by atoms with van der Waals surface area (Å²) in [7, 11) is 0. The highest BCUT2D eigenvalue weighted by Gasteiger charge is 2.52. The van der Waals surface area contributed by atoms with Crippen molar-refractivity contribution in [2.45, 2.75) is 110 Å². The number of amides is 1. The van der Waals surface area contributed by atoms with Gasteiger partial charge in [-0.1, -0.05) is 27.2 Å². The normalized spacial score (nSPS) is 35.8. The van der Waals surface area contributed by atoms with Gasteiger partial charge in [0.15, 0.2) is 5.89 Å². The Balaban J connectivity index is 1.89. The van der Waals surface area contributed by atoms with Gasteiger partial charge in [0.25, 0.3) is 0 Å². The number of carbonyl (C=O) groups excluding carboxylic acids is 2. The quantitative estimate of drug-likeness (QED) is 0.416. The van der Waals surface area contributed by atoms with Crippen LogP contribution in [0.15, 0.2) is 16.3 Å². The molecule has 2 aliphatic rings. The zero-order valence-electron chi connectivity index (χ0n) is 22.9. The molecule has 0 aromatic carbocycles. The molecule has 2 saturated heterocycles. The fraction of sp³-hybridized carbons (Fsp3) is 0.690. The molecule has 3 N–H and O–H groups in total. The van der Waals surface area contributed by atoms with E-state index in [1.165, 1.54) is 0 Å². The number of Topliss-reactive ketones (excluding diaryl/α,β-unsaturated/α-hetero) is 1. The molecule has 7 atom stereocenters. The first kappa shape index (κ1) is 29.1. The molecule has 0 saturated carbocycles. The molecule has 204 valence electrons. The number of hydrogen-bond donors (Lipinski definition) is 3. The minimum absolute atomic E-state index is 0.0366. The van der Waals surface area contributed by atoms with Crippen LogP contribution in [0, 0.1) is 36.5 Å². The van der Waals surface area contributed by atoms with Crippen molar-refractivity contribution in [3.8, 4) is 12.3 Å². The monoisotopic (exact) mass is 514 g/mol. The predicted molar refractivity (Wildman–Crippen MR) is 140 cm³/mol. The highest BCUT2D eigenvalue weighted by Crippen LogP contribution is 2.44. The maximum absolute atomic E-state index is 13.5. The number of ketones is 1. The van der Waals surface area contributed by atoms with E-state index in [9.17, 15) is 19.8 Å². The van der Waals surface area contributed by atoms with Crippen molar-refractivity contribution < 1.29 is 29.0 Å². The lowest BCUT2D eigenvalue weighted by Crippen LogP contribution is -2.48. The molecule has 7 unspecified atom stereocenters. The van der Waals surface area contributed by atoms with Gasteiger partial charge < -0.3 is 24.7 Å². The molecule has 8 heteroatoms. The molecule has 1 amide bonds. The van der Waals surface area contributed by atoms with Crippen LogP contribution in [0.3, 0.4) is 0 Å². The third-order valence-corrected chi connectivity index (χ3v) is 8.23. The zero-order chi connectivity index (χ0) is 27.5. The Morgan fingerprint density at radius 3 is 2.65 bits per heavy atom. The number of oxazole rings is 1. The number of nitrogens with one attached hydrogen (secondary N) is 1. The summed E-state index contributed by atoms with van der Waals surface area (Å²) in [6.45, 7) is 10.9. The van der Waals surface area contributed by atoms with Gasteiger partial charge in [-0.25, -0.2) is 4.98 Å². The van der Waals surface area contributed by atoms with E-state index < -0.39 is 23.5 Å². The first-order chi connectivity index (χ1) is 17.3. The molecular weight excluding hydrogens is 472 g/mol. The average molecular weight is 515 g/mol. The minimum atomic E-state index is -1.27. The van der Waals surface area contributed by atoms with Crippen LogP contribution in [0.2, 0.25) is 0 Å². The first-order valence-electron chi connectivity index (χ1n) is 13.2. The third kappa shape index (κ3) is 6.90. The van der Waals surface area contributed by atoms with Gasteiger partial charge in [-0.15, -0.1) is 12.3 Å². The number of aliphatic hydroxyl groups is 2. The van der Waals surface area contributed by atoms with Gasteiger partial charge >= 0.3 is 0 Å². The fourth-order valence-corrected chi connectivity index (χ4v) is 5.33. The van der Waals surface area contributed by atoms with Crippen LogP contribution in [-0.4, -0.2) is 56.8 Å². The second-order valence-corrected chi connectivity index (χ2v) is 11.6. The summed E-state index contributed by atoms with van der Waals surface area (Å²) in [6.07, 6.45) is 9.48. The molecule has 3 heterocycles. The molecule has 1 aromatic rings. The number of aryl methyl sites for hydroxylation is 1. The lowest BCUT2D eigenvalue weighted by atomic mass is 9.71. The Labute approximate surface area is 220 Å². The number of carbonyl (C=O) groups is 2. The maximum Gasteiger partial charge on any atom is 0.223 e. The highest BCUT2D eigenvalue weighted by molar-refractivity contribution is 5.89. The van der Waals surface area contributed by atoms with Crippen molar-refractivity contribution >= 4 is 17.8 Å². The van der Waals surface area contributed by atoms with Crippen molar-refractivity contribution in [2.24, 2.45) is 17.3 Å². The van der Waals surface area contributed by atoms with Crippen LogP contribution in [0.1, 0.15) is 84.7 Å². The van der Waals surface area contributed by atoms with Crippen LogP contribution < -0.4 is 5.32 Å². The third-order valence-electron chi connectivity index (χ3n) is 8.23. The lowest BCUT2D eigenvalue weighted by molar-refractivity contribution is -0.143. The molecule has 2 aliphatic heterocycles. The summed E-state index contributed by atoms with van der Waals surface area (Å²) in [4.78, 5) is 31.0. The number of aliphatic hydroxyl groups excluding tert-OH is 2. The van der Waals surface area contributed by atoms with Gasteiger partial charge in [-0.05, 0) is 44.3 Å². The van der Waals surface area contributed by atoms with Gasteiger partial charge in [0.2, 0.25) is 5.91 Å². The minimum Gasteiger partial charge on any atom is -0.449 e. The SMILES string of the molecule is C#CCC1C(=O)C(C)(C)C(O)CC(=O)NC(C(C)=Cc2coc(C)n2)CC2OC2(C)CCCC(C)C1O. The van der Waals surface area contributed by atoms with Gasteiger partial charge in [0, 0.05) is 19.8 Å². The number of fused-ring (bicyclic) bond motifs is 1. The number of epoxide rings is 1. The Hall–Kier alpha value is -2.47. The zero-order valence-corrected chi connectivity index (χ0v) is 22.9. The van der Waals surface area contributed by atoms with E-state index >= 15 is 0 Å². The molecule has 0 spiro atoms. The number of nitrogens with zero attached hydrogens (tertiary/aromatic N) is 1. The molecule has 0 radical (unpaired) electrons. The molecule has 37 heavy (non-hydrogen) atoms. The van der Waals surface area contributed by atoms with E-state index in [4.69, 9.17) is 15.6 Å². The Morgan fingerprint density at radius 1 is 1.32 bits per heavy atom. The van der Waals surface area contributed by atoms with E-state index in [1.54, 1.807) is 27.0 Å². The average Bonchev–Trinajstić information content (AvgIpc) is 3.27. The van der Waals surface area contributed by atoms with Crippen LogP contribution in [0.5, 0.6) is 0 Å². The standard InChI is InChI=1S/C29H42N2O6/c1-8-10-21-26(34)17(2)11-9-12-29(7)24(37-29)14-22(18(3)13-20-16-36-19(4)30-20)31-25(33)15-23(32)28(5,6)27(21)35/h1,13,16-17,21-24,26,32,34H,9-12,14-15H2,2-7H3,(H,31,33). The topological polar surface area (TPSA) is 125 Å². The summed E-state index contributed by atoms with van der Waals surface area (Å²) < 4.78 is 11.4. The summed E-state index contributed by atoms with van der Waals surface area (Å²) in [5.74, 6) is 1.39. The molecule has 8 nitrogen and oxygen atoms in total. The first-order valence-corrected chi connectivity index (χ1v) is 13.2. The number of ether oxygens (including phenoxy) is 1. The van der Waals surface area contributed by atoms with Crippen LogP contribution >= 0.6 is 0 Å². The van der Waals surface area contributed by atoms with E-state index in [0.29, 0.717) is 18.0 Å². The fourth-order valence-electron chi connectivity index (χ4n) is 5.33. The second kappa shape index (κ2) is 11.5. The summed E-state index contributed by atoms with van der Waals surface area (Å²) >= 11 is 0. The lowest BCUT2D eigenvalue weighted by Gasteiger charge is -2.35. The largest absolute Gasteiger partial charge is 0.449 e. The predicted octanol–water partition coefficient (Wildman–Crippen LogP) is 3.59. The van der Waals surface area contributed by atoms with Crippen molar-refractivity contribution in [3.05, 3.63) is 23.4 Å². The molecule has 0 bridgehead atoms. The Bertz CT molecular complexity index is 1050. The number of rotatable bonds is 3. The van der Waals surface area contributed by atoms with Crippen LogP contribution in [-0.2, 0) is 14.3 Å². The molecule has 3 rings (SSSR count). The van der Waals surface area contributed by atoms with Crippen LogP contribution in [0.4, 0.5) is 0 Å². The highest BCUT2D eigenvalue weighted by atomic mass is 16.6. The van der Waals surface area contributed by atoms with Crippen molar-refractivity contribution in [1.29, 1.82) is 0 Å². The number of hydrogen-bond acceptors (Lipinski definition) is 7. The Kier molecular flexibility index (Phi) is 9.05. The number of aromatic nitrogens is 1. The smallest absolute Gasteiger partial charge is 0.223 e. The van der Waals surface area contributed by atoms with Gasteiger partial charge in [-0.2, -0.15) is 0 Å². The van der Waals surface area contributed by atoms with E-state index in [2.05, 4.69) is 23.1 Å². The summed E-state index contributed by atoms with van der Waals surface area (Å²) in [5, 5.41) is 25.1. The van der Waals surface area contributed by atoms with Gasteiger partial charge in [-0.3, -0.25) is 9.59 Å². The molecular formula is C29H42N2O6. The summed E-state index contributed by atoms with van der Waals surface area (Å²) in [5.41, 5.74) is -0.0377. The molecule has 2 fully saturated rings. The van der Waals surface area contributed by atoms with E-state index in [0.717, 1.165) is 24.8 Å².